The van der Waals surface area contributed by atoms with Crippen molar-refractivity contribution in [3.8, 4) is 11.5 Å². The highest BCUT2D eigenvalue weighted by Gasteiger charge is 2.12. The molecule has 3 aromatic rings. The zero-order chi connectivity index (χ0) is 21.6. The molecule has 8 heteroatoms. The van der Waals surface area contributed by atoms with Gasteiger partial charge in [-0.15, -0.1) is 24.0 Å². The highest BCUT2D eigenvalue weighted by molar-refractivity contribution is 14.0. The molecule has 0 spiro atoms. The zero-order valence-corrected chi connectivity index (χ0v) is 20.9. The number of oxazole rings is 1. The van der Waals surface area contributed by atoms with Gasteiger partial charge in [0.05, 0.1) is 32.0 Å². The molecule has 2 aromatic carbocycles. The number of rotatable bonds is 5. The fourth-order valence-corrected chi connectivity index (χ4v) is 3.24. The first-order valence-corrected chi connectivity index (χ1v) is 10.5. The Balaban J connectivity index is 0.00000289. The fraction of sp³-hybridized carbons (Fsp3) is 0.333. The van der Waals surface area contributed by atoms with E-state index in [0.717, 1.165) is 35.1 Å². The minimum absolute atomic E-state index is 0. The highest BCUT2D eigenvalue weighted by Crippen LogP contribution is 2.32. The summed E-state index contributed by atoms with van der Waals surface area (Å²) in [6.45, 7) is 8.23. The summed E-state index contributed by atoms with van der Waals surface area (Å²) in [6.07, 6.45) is 0.872. The van der Waals surface area contributed by atoms with E-state index in [4.69, 9.17) is 18.9 Å². The molecule has 0 aliphatic carbocycles. The molecule has 0 bridgehead atoms. The number of aliphatic imine (C=N–C) groups is 1. The van der Waals surface area contributed by atoms with Crippen LogP contribution in [0, 0.1) is 20.8 Å². The normalized spacial score (nSPS) is 13.2. The van der Waals surface area contributed by atoms with E-state index in [1.54, 1.807) is 0 Å². The van der Waals surface area contributed by atoms with Gasteiger partial charge in [0.25, 0.3) is 0 Å². The van der Waals surface area contributed by atoms with E-state index in [0.29, 0.717) is 38.2 Å². The van der Waals surface area contributed by atoms with E-state index >= 15 is 0 Å². The van der Waals surface area contributed by atoms with Crippen LogP contribution in [0.2, 0.25) is 0 Å². The number of anilines is 1. The number of hydrogen-bond acceptors (Lipinski definition) is 5. The van der Waals surface area contributed by atoms with E-state index in [9.17, 15) is 0 Å². The summed E-state index contributed by atoms with van der Waals surface area (Å²) in [6, 6.07) is 14.1. The predicted molar refractivity (Wildman–Crippen MR) is 136 cm³/mol. The SMILES string of the molecule is Cc1ccccc1CN=C(NCc1nc(C)c(C)o1)Nc1ccc2c(c1)OCCCO2.I. The molecular weight excluding hydrogens is 519 g/mol. The molecule has 4 rings (SSSR count). The summed E-state index contributed by atoms with van der Waals surface area (Å²) in [5.74, 6) is 3.58. The summed E-state index contributed by atoms with van der Waals surface area (Å²) in [4.78, 5) is 9.22. The van der Waals surface area contributed by atoms with Crippen molar-refractivity contribution in [3.05, 3.63) is 70.9 Å². The van der Waals surface area contributed by atoms with Crippen LogP contribution in [0.15, 0.2) is 51.9 Å². The molecule has 170 valence electrons. The molecule has 0 atom stereocenters. The molecule has 0 fully saturated rings. The summed E-state index contributed by atoms with van der Waals surface area (Å²) < 4.78 is 17.2. The minimum Gasteiger partial charge on any atom is -0.490 e. The lowest BCUT2D eigenvalue weighted by Gasteiger charge is -2.14. The van der Waals surface area contributed by atoms with Crippen molar-refractivity contribution in [1.82, 2.24) is 10.3 Å². The number of ether oxygens (including phenoxy) is 2. The lowest BCUT2D eigenvalue weighted by atomic mass is 10.1. The van der Waals surface area contributed by atoms with Gasteiger partial charge in [0.2, 0.25) is 5.89 Å². The first-order valence-electron chi connectivity index (χ1n) is 10.5. The fourth-order valence-electron chi connectivity index (χ4n) is 3.24. The number of benzene rings is 2. The van der Waals surface area contributed by atoms with Crippen molar-refractivity contribution < 1.29 is 13.9 Å². The number of aromatic nitrogens is 1. The number of nitrogens with zero attached hydrogens (tertiary/aromatic N) is 2. The van der Waals surface area contributed by atoms with Gasteiger partial charge in [-0.2, -0.15) is 0 Å². The smallest absolute Gasteiger partial charge is 0.214 e. The maximum absolute atomic E-state index is 5.81. The summed E-state index contributed by atoms with van der Waals surface area (Å²) >= 11 is 0. The van der Waals surface area contributed by atoms with Crippen LogP contribution in [-0.4, -0.2) is 24.2 Å². The number of guanidine groups is 1. The van der Waals surface area contributed by atoms with Crippen LogP contribution in [0.3, 0.4) is 0 Å². The molecule has 0 saturated carbocycles. The number of hydrogen-bond donors (Lipinski definition) is 2. The van der Waals surface area contributed by atoms with Crippen LogP contribution in [0.1, 0.15) is 34.9 Å². The van der Waals surface area contributed by atoms with Gasteiger partial charge in [0, 0.05) is 18.2 Å². The van der Waals surface area contributed by atoms with Crippen LogP contribution in [0.25, 0.3) is 0 Å². The third-order valence-electron chi connectivity index (χ3n) is 5.16. The van der Waals surface area contributed by atoms with Crippen molar-refractivity contribution in [2.24, 2.45) is 4.99 Å². The van der Waals surface area contributed by atoms with Crippen molar-refractivity contribution in [1.29, 1.82) is 0 Å². The topological polar surface area (TPSA) is 80.9 Å². The molecule has 1 aromatic heterocycles. The Hall–Kier alpha value is -2.75. The number of fused-ring (bicyclic) bond motifs is 1. The zero-order valence-electron chi connectivity index (χ0n) is 18.6. The average molecular weight is 548 g/mol. The monoisotopic (exact) mass is 548 g/mol. The molecule has 7 nitrogen and oxygen atoms in total. The summed E-state index contributed by atoms with van der Waals surface area (Å²) in [5.41, 5.74) is 4.14. The summed E-state index contributed by atoms with van der Waals surface area (Å²) in [5, 5.41) is 6.68. The third kappa shape index (κ3) is 6.15. The maximum atomic E-state index is 5.81. The van der Waals surface area contributed by atoms with Crippen molar-refractivity contribution in [2.45, 2.75) is 40.3 Å². The van der Waals surface area contributed by atoms with E-state index in [-0.39, 0.29) is 24.0 Å². The molecule has 0 unspecified atom stereocenters. The van der Waals surface area contributed by atoms with Gasteiger partial charge in [-0.25, -0.2) is 9.98 Å². The molecule has 2 heterocycles. The number of nitrogens with one attached hydrogen (secondary N) is 2. The van der Waals surface area contributed by atoms with Crippen LogP contribution in [0.5, 0.6) is 11.5 Å². The number of halogens is 1. The standard InChI is InChI=1S/C24H28N4O3.HI/c1-16-7-4-5-8-19(16)14-25-24(26-15-23-27-17(2)18(3)31-23)28-20-9-10-21-22(13-20)30-12-6-11-29-21;/h4-5,7-10,13H,6,11-12,14-15H2,1-3H3,(H2,25,26,28);1H. The Kier molecular flexibility index (Phi) is 8.38. The van der Waals surface area contributed by atoms with Gasteiger partial charge in [-0.05, 0) is 44.0 Å². The van der Waals surface area contributed by atoms with Crippen molar-refractivity contribution in [3.63, 3.8) is 0 Å². The second kappa shape index (κ2) is 11.2. The molecule has 32 heavy (non-hydrogen) atoms. The van der Waals surface area contributed by atoms with Crippen molar-refractivity contribution >= 4 is 35.6 Å². The second-order valence-electron chi connectivity index (χ2n) is 7.53. The van der Waals surface area contributed by atoms with E-state index in [1.807, 2.05) is 44.2 Å². The summed E-state index contributed by atoms with van der Waals surface area (Å²) in [7, 11) is 0. The maximum Gasteiger partial charge on any atom is 0.214 e. The molecule has 1 aliphatic heterocycles. The lowest BCUT2D eigenvalue weighted by molar-refractivity contribution is 0.297. The Bertz CT molecular complexity index is 1060. The Morgan fingerprint density at radius 2 is 1.81 bits per heavy atom. The largest absolute Gasteiger partial charge is 0.490 e. The van der Waals surface area contributed by atoms with Gasteiger partial charge in [-0.3, -0.25) is 0 Å². The van der Waals surface area contributed by atoms with Crippen LogP contribution < -0.4 is 20.1 Å². The molecule has 0 saturated heterocycles. The third-order valence-corrected chi connectivity index (χ3v) is 5.16. The first-order chi connectivity index (χ1) is 15.1. The van der Waals surface area contributed by atoms with Gasteiger partial charge < -0.3 is 24.5 Å². The highest BCUT2D eigenvalue weighted by atomic mass is 127. The van der Waals surface area contributed by atoms with Gasteiger partial charge >= 0.3 is 0 Å². The Morgan fingerprint density at radius 3 is 2.56 bits per heavy atom. The molecule has 0 amide bonds. The van der Waals surface area contributed by atoms with Gasteiger partial charge in [0.1, 0.15) is 5.76 Å². The van der Waals surface area contributed by atoms with Crippen LogP contribution in [0.4, 0.5) is 5.69 Å². The minimum atomic E-state index is 0. The Labute approximate surface area is 205 Å². The molecule has 2 N–H and O–H groups in total. The van der Waals surface area contributed by atoms with Crippen LogP contribution in [-0.2, 0) is 13.1 Å². The second-order valence-corrected chi connectivity index (χ2v) is 7.53. The van der Waals surface area contributed by atoms with E-state index in [2.05, 4.69) is 34.7 Å². The quantitative estimate of drug-likeness (QED) is 0.261. The molecular formula is C24H29IN4O3. The van der Waals surface area contributed by atoms with E-state index in [1.165, 1.54) is 11.1 Å². The predicted octanol–water partition coefficient (Wildman–Crippen LogP) is 5.14. The lowest BCUT2D eigenvalue weighted by Crippen LogP contribution is -2.30. The van der Waals surface area contributed by atoms with E-state index < -0.39 is 0 Å². The average Bonchev–Trinajstić information content (AvgIpc) is 2.95. The molecule has 0 radical (unpaired) electrons. The molecule has 1 aliphatic rings. The van der Waals surface area contributed by atoms with Gasteiger partial charge in [-0.1, -0.05) is 24.3 Å². The van der Waals surface area contributed by atoms with Crippen LogP contribution >= 0.6 is 24.0 Å². The number of aryl methyl sites for hydroxylation is 3. The first kappa shape index (κ1) is 23.9. The van der Waals surface area contributed by atoms with Gasteiger partial charge in [0.15, 0.2) is 17.5 Å². The Morgan fingerprint density at radius 1 is 1.03 bits per heavy atom. The van der Waals surface area contributed by atoms with Crippen molar-refractivity contribution in [2.75, 3.05) is 18.5 Å².